The zero-order chi connectivity index (χ0) is 13.3. The Hall–Kier alpha value is -2.20. The molecule has 0 saturated heterocycles. The van der Waals surface area contributed by atoms with Crippen LogP contribution in [0.1, 0.15) is 5.69 Å². The molecule has 0 atom stereocenters. The van der Waals surface area contributed by atoms with E-state index >= 15 is 0 Å². The van der Waals surface area contributed by atoms with Crippen molar-refractivity contribution in [1.29, 1.82) is 0 Å². The van der Waals surface area contributed by atoms with Gasteiger partial charge in [-0.05, 0) is 24.3 Å². The summed E-state index contributed by atoms with van der Waals surface area (Å²) in [4.78, 5) is 4.51. The second kappa shape index (κ2) is 3.46. The predicted molar refractivity (Wildman–Crippen MR) is 80.8 cm³/mol. The lowest BCUT2D eigenvalue weighted by atomic mass is 10.2. The van der Waals surface area contributed by atoms with Crippen LogP contribution in [-0.2, 0) is 13.6 Å². The van der Waals surface area contributed by atoms with Gasteiger partial charge in [-0.3, -0.25) is 4.98 Å². The molecule has 0 bridgehead atoms. The topological polar surface area (TPSA) is 21.7 Å². The van der Waals surface area contributed by atoms with Crippen LogP contribution < -0.4 is 4.57 Å². The molecule has 1 aliphatic heterocycles. The van der Waals surface area contributed by atoms with E-state index in [4.69, 9.17) is 0 Å². The minimum absolute atomic E-state index is 0.885. The molecule has 1 aliphatic rings. The van der Waals surface area contributed by atoms with Gasteiger partial charge in [-0.15, -0.1) is 0 Å². The molecule has 0 fully saturated rings. The Labute approximate surface area is 119 Å². The zero-order valence-corrected chi connectivity index (χ0v) is 11.8. The third kappa shape index (κ3) is 1.11. The minimum Gasteiger partial charge on any atom is -0.256 e. The van der Waals surface area contributed by atoms with Gasteiger partial charge in [0.2, 0.25) is 0 Å². The molecule has 3 nitrogen and oxygen atoms in total. The van der Waals surface area contributed by atoms with E-state index in [1.807, 2.05) is 23.6 Å². The van der Waals surface area contributed by atoms with Crippen LogP contribution in [0, 0.1) is 0 Å². The fourth-order valence-corrected chi connectivity index (χ4v) is 4.62. The van der Waals surface area contributed by atoms with Crippen molar-refractivity contribution in [2.75, 3.05) is 0 Å². The van der Waals surface area contributed by atoms with Crippen LogP contribution in [0.25, 0.3) is 31.8 Å². The number of nitrogens with zero attached hydrogens (tertiary/aromatic N) is 3. The van der Waals surface area contributed by atoms with Crippen molar-refractivity contribution in [1.82, 2.24) is 9.55 Å². The zero-order valence-electron chi connectivity index (χ0n) is 11.0. The van der Waals surface area contributed by atoms with Gasteiger partial charge in [-0.25, -0.2) is 9.13 Å². The number of para-hydroxylation sites is 1. The first-order chi connectivity index (χ1) is 9.84. The average Bonchev–Trinajstić information content (AvgIpc) is 3.09. The number of hydrogen-bond donors (Lipinski definition) is 0. The second-order valence-corrected chi connectivity index (χ2v) is 6.22. The number of hydrogen-bond acceptors (Lipinski definition) is 2. The summed E-state index contributed by atoms with van der Waals surface area (Å²) in [7, 11) is 2.15. The molecule has 3 aromatic heterocycles. The number of aromatic nitrogens is 3. The maximum absolute atomic E-state index is 4.51. The molecule has 0 aliphatic carbocycles. The van der Waals surface area contributed by atoms with Crippen molar-refractivity contribution in [2.24, 2.45) is 7.05 Å². The van der Waals surface area contributed by atoms with E-state index in [2.05, 4.69) is 51.5 Å². The summed E-state index contributed by atoms with van der Waals surface area (Å²) in [6, 6.07) is 12.8. The fraction of sp³-hybridized carbons (Fsp3) is 0.125. The fourth-order valence-electron chi connectivity index (χ4n) is 3.25. The van der Waals surface area contributed by atoms with Gasteiger partial charge in [0.05, 0.1) is 18.3 Å². The van der Waals surface area contributed by atoms with Gasteiger partial charge >= 0.3 is 5.65 Å². The monoisotopic (exact) mass is 278 g/mol. The third-order valence-electron chi connectivity index (χ3n) is 4.16. The lowest BCUT2D eigenvalue weighted by molar-refractivity contribution is -0.645. The predicted octanol–water partition coefficient (Wildman–Crippen LogP) is 3.10. The van der Waals surface area contributed by atoms with E-state index < -0.39 is 0 Å². The van der Waals surface area contributed by atoms with Gasteiger partial charge in [0.25, 0.3) is 0 Å². The van der Waals surface area contributed by atoms with Crippen molar-refractivity contribution in [3.8, 4) is 10.6 Å². The van der Waals surface area contributed by atoms with Crippen molar-refractivity contribution in [2.45, 2.75) is 6.54 Å². The summed E-state index contributed by atoms with van der Waals surface area (Å²) in [5.74, 6) is 0. The summed E-state index contributed by atoms with van der Waals surface area (Å²) in [5.41, 5.74) is 5.08. The molecule has 4 heterocycles. The Kier molecular flexibility index (Phi) is 1.83. The highest BCUT2D eigenvalue weighted by Crippen LogP contribution is 2.38. The Morgan fingerprint density at radius 3 is 3.05 bits per heavy atom. The molecule has 0 N–H and O–H groups in total. The molecule has 0 spiro atoms. The number of thiazole rings is 1. The summed E-state index contributed by atoms with van der Waals surface area (Å²) in [5, 5.41) is 2.68. The number of pyridine rings is 1. The molecular formula is C16H12N3S+. The van der Waals surface area contributed by atoms with Gasteiger partial charge in [0.15, 0.2) is 5.01 Å². The molecule has 5 rings (SSSR count). The number of aryl methyl sites for hydroxylation is 1. The van der Waals surface area contributed by atoms with Crippen LogP contribution >= 0.6 is 11.3 Å². The van der Waals surface area contributed by atoms with Gasteiger partial charge < -0.3 is 0 Å². The second-order valence-electron chi connectivity index (χ2n) is 5.22. The smallest absolute Gasteiger partial charge is 0.256 e. The third-order valence-corrected chi connectivity index (χ3v) is 5.40. The number of benzene rings is 1. The maximum atomic E-state index is 4.51. The largest absolute Gasteiger partial charge is 0.301 e. The highest BCUT2D eigenvalue weighted by molar-refractivity contribution is 7.22. The maximum Gasteiger partial charge on any atom is 0.301 e. The van der Waals surface area contributed by atoms with Gasteiger partial charge in [-0.2, -0.15) is 0 Å². The van der Waals surface area contributed by atoms with Crippen molar-refractivity contribution < 1.29 is 4.57 Å². The lowest BCUT2D eigenvalue weighted by Gasteiger charge is -1.93. The standard InChI is InChI=1S/C16H12N3S/c1-18-13-7-3-2-5-11(13)14-15(18)19-9-12-10(16(19)20-14)6-4-8-17-12/h2-8H,9H2,1H3/q+1. The summed E-state index contributed by atoms with van der Waals surface area (Å²) < 4.78 is 6.08. The first kappa shape index (κ1) is 10.6. The van der Waals surface area contributed by atoms with Crippen LogP contribution in [0.4, 0.5) is 0 Å². The van der Waals surface area contributed by atoms with Crippen LogP contribution in [-0.4, -0.2) is 9.55 Å². The summed E-state index contributed by atoms with van der Waals surface area (Å²) in [6.07, 6.45) is 1.88. The van der Waals surface area contributed by atoms with E-state index in [9.17, 15) is 0 Å². The van der Waals surface area contributed by atoms with Crippen molar-refractivity contribution in [3.05, 3.63) is 48.3 Å². The van der Waals surface area contributed by atoms with Gasteiger partial charge in [0.1, 0.15) is 16.8 Å². The lowest BCUT2D eigenvalue weighted by Crippen LogP contribution is -2.32. The molecule has 96 valence electrons. The molecule has 0 unspecified atom stereocenters. The van der Waals surface area contributed by atoms with Crippen molar-refractivity contribution in [3.63, 3.8) is 0 Å². The quantitative estimate of drug-likeness (QED) is 0.399. The molecule has 1 aromatic carbocycles. The molecular weight excluding hydrogens is 266 g/mol. The highest BCUT2D eigenvalue weighted by atomic mass is 32.1. The van der Waals surface area contributed by atoms with Crippen LogP contribution in [0.5, 0.6) is 0 Å². The summed E-state index contributed by atoms with van der Waals surface area (Å²) >= 11 is 1.88. The molecule has 0 radical (unpaired) electrons. The first-order valence-electron chi connectivity index (χ1n) is 6.68. The average molecular weight is 278 g/mol. The van der Waals surface area contributed by atoms with Gasteiger partial charge in [0, 0.05) is 11.6 Å². The number of fused-ring (bicyclic) bond motifs is 7. The molecule has 4 heteroatoms. The van der Waals surface area contributed by atoms with Crippen LogP contribution in [0.2, 0.25) is 0 Å². The highest BCUT2D eigenvalue weighted by Gasteiger charge is 2.32. The Morgan fingerprint density at radius 1 is 1.20 bits per heavy atom. The van der Waals surface area contributed by atoms with Crippen LogP contribution in [0.3, 0.4) is 0 Å². The van der Waals surface area contributed by atoms with E-state index in [0.29, 0.717) is 0 Å². The normalized spacial score (nSPS) is 13.1. The van der Waals surface area contributed by atoms with Crippen molar-refractivity contribution >= 4 is 32.6 Å². The van der Waals surface area contributed by atoms with E-state index in [1.54, 1.807) is 0 Å². The molecule has 20 heavy (non-hydrogen) atoms. The van der Waals surface area contributed by atoms with Crippen LogP contribution in [0.15, 0.2) is 42.6 Å². The van der Waals surface area contributed by atoms with E-state index in [0.717, 1.165) is 6.54 Å². The molecule has 4 aromatic rings. The molecule has 0 saturated carbocycles. The van der Waals surface area contributed by atoms with E-state index in [1.165, 1.54) is 37.5 Å². The minimum atomic E-state index is 0.885. The molecule has 0 amide bonds. The Balaban J connectivity index is 1.97. The first-order valence-corrected chi connectivity index (χ1v) is 7.50. The number of rotatable bonds is 0. The Bertz CT molecular complexity index is 994. The van der Waals surface area contributed by atoms with Gasteiger partial charge in [-0.1, -0.05) is 23.5 Å². The van der Waals surface area contributed by atoms with E-state index in [-0.39, 0.29) is 0 Å². The Morgan fingerprint density at radius 2 is 2.10 bits per heavy atom. The SMILES string of the molecule is Cn1c2ccccc2c2sc3[n+](c21)Cc1ncccc1-3. The summed E-state index contributed by atoms with van der Waals surface area (Å²) in [6.45, 7) is 0.885.